The second-order valence-corrected chi connectivity index (χ2v) is 7.89. The molecule has 28 heavy (non-hydrogen) atoms. The normalized spacial score (nSPS) is 23.8. The number of aromatic amines is 1. The van der Waals surface area contributed by atoms with Crippen LogP contribution in [0.3, 0.4) is 0 Å². The summed E-state index contributed by atoms with van der Waals surface area (Å²) in [6.45, 7) is 3.84. The summed E-state index contributed by atoms with van der Waals surface area (Å²) in [5.74, 6) is -0.562. The first-order valence-electron chi connectivity index (χ1n) is 9.71. The van der Waals surface area contributed by atoms with Crippen LogP contribution in [0.5, 0.6) is 5.75 Å². The molecule has 5 N–H and O–H groups in total. The minimum atomic E-state index is -1.44. The minimum Gasteiger partial charge on any atom is -0.506 e. The van der Waals surface area contributed by atoms with Gasteiger partial charge in [-0.1, -0.05) is 19.1 Å². The number of carboxylic acids is 1. The molecule has 1 unspecified atom stereocenters. The molecule has 1 aliphatic heterocycles. The highest BCUT2D eigenvalue weighted by atomic mass is 16.4. The number of hydrogen-bond donors (Lipinski definition) is 4. The van der Waals surface area contributed by atoms with Gasteiger partial charge in [-0.25, -0.2) is 4.79 Å². The number of carbonyl (C=O) groups is 1. The quantitative estimate of drug-likeness (QED) is 0.642. The molecule has 0 spiro atoms. The van der Waals surface area contributed by atoms with E-state index in [4.69, 9.17) is 5.73 Å². The van der Waals surface area contributed by atoms with E-state index in [1.807, 2.05) is 31.2 Å². The molecule has 0 amide bonds. The Labute approximate surface area is 162 Å². The molecule has 0 radical (unpaired) electrons. The van der Waals surface area contributed by atoms with E-state index < -0.39 is 22.8 Å². The van der Waals surface area contributed by atoms with Gasteiger partial charge in [-0.05, 0) is 48.8 Å². The van der Waals surface area contributed by atoms with Crippen LogP contribution in [0.2, 0.25) is 0 Å². The van der Waals surface area contributed by atoms with Crippen LogP contribution in [0.4, 0.5) is 5.69 Å². The van der Waals surface area contributed by atoms with Gasteiger partial charge in [0.05, 0.1) is 5.69 Å². The van der Waals surface area contributed by atoms with Crippen LogP contribution < -0.4 is 16.2 Å². The third-order valence-electron chi connectivity index (χ3n) is 6.17. The average Bonchev–Trinajstić information content (AvgIpc) is 3.18. The lowest BCUT2D eigenvalue weighted by Crippen LogP contribution is -2.25. The van der Waals surface area contributed by atoms with Gasteiger partial charge in [0.2, 0.25) is 0 Å². The Morgan fingerprint density at radius 3 is 2.36 bits per heavy atom. The Kier molecular flexibility index (Phi) is 4.63. The maximum Gasteiger partial charge on any atom is 0.345 e. The molecule has 2 heterocycles. The minimum absolute atomic E-state index is 0.338. The number of anilines is 1. The number of carboxylic acid groups (broad SMARTS) is 1. The van der Waals surface area contributed by atoms with Gasteiger partial charge >= 0.3 is 5.97 Å². The van der Waals surface area contributed by atoms with Crippen LogP contribution in [-0.2, 0) is 6.42 Å². The zero-order valence-corrected chi connectivity index (χ0v) is 15.8. The van der Waals surface area contributed by atoms with Gasteiger partial charge < -0.3 is 25.8 Å². The maximum atomic E-state index is 12.1. The summed E-state index contributed by atoms with van der Waals surface area (Å²) in [5.41, 5.74) is 7.41. The number of nitrogens with one attached hydrogen (secondary N) is 1. The molecule has 7 nitrogen and oxygen atoms in total. The fourth-order valence-corrected chi connectivity index (χ4v) is 4.81. The number of aromatic carboxylic acids is 1. The molecule has 2 aromatic rings. The smallest absolute Gasteiger partial charge is 0.345 e. The van der Waals surface area contributed by atoms with Crippen molar-refractivity contribution in [1.29, 1.82) is 0 Å². The van der Waals surface area contributed by atoms with E-state index >= 15 is 0 Å². The summed E-state index contributed by atoms with van der Waals surface area (Å²) >= 11 is 0. The average molecular weight is 383 g/mol. The van der Waals surface area contributed by atoms with Gasteiger partial charge in [-0.2, -0.15) is 0 Å². The molecular weight excluding hydrogens is 358 g/mol. The number of aromatic nitrogens is 1. The van der Waals surface area contributed by atoms with Crippen molar-refractivity contribution in [2.45, 2.75) is 32.2 Å². The Bertz CT molecular complexity index is 953. The molecule has 4 rings (SSSR count). The summed E-state index contributed by atoms with van der Waals surface area (Å²) < 4.78 is 0. The molecule has 1 aromatic heterocycles. The van der Waals surface area contributed by atoms with E-state index in [2.05, 4.69) is 9.88 Å². The number of nitrogens with two attached hydrogens (primary N) is 1. The van der Waals surface area contributed by atoms with E-state index in [9.17, 15) is 19.8 Å². The Morgan fingerprint density at radius 1 is 1.21 bits per heavy atom. The maximum absolute atomic E-state index is 12.1. The molecular formula is C21H25N3O4. The highest BCUT2D eigenvalue weighted by Crippen LogP contribution is 2.39. The molecule has 7 heteroatoms. The van der Waals surface area contributed by atoms with Crippen LogP contribution in [0.15, 0.2) is 29.1 Å². The number of rotatable bonds is 4. The first kappa shape index (κ1) is 18.6. The number of nitrogens with zero attached hydrogens (tertiary/aromatic N) is 1. The van der Waals surface area contributed by atoms with E-state index in [0.29, 0.717) is 35.6 Å². The van der Waals surface area contributed by atoms with Crippen molar-refractivity contribution in [2.75, 3.05) is 18.0 Å². The van der Waals surface area contributed by atoms with Gasteiger partial charge in [0.1, 0.15) is 5.75 Å². The highest BCUT2D eigenvalue weighted by molar-refractivity contribution is 5.92. The fraction of sp³-hybridized carbons (Fsp3) is 0.429. The highest BCUT2D eigenvalue weighted by Gasteiger charge is 2.39. The zero-order valence-electron chi connectivity index (χ0n) is 15.8. The number of aromatic hydroxyl groups is 1. The number of hydrogen-bond acceptors (Lipinski definition) is 5. The van der Waals surface area contributed by atoms with E-state index in [1.54, 1.807) is 0 Å². The van der Waals surface area contributed by atoms with Gasteiger partial charge in [0.15, 0.2) is 5.56 Å². The van der Waals surface area contributed by atoms with Crippen LogP contribution in [0.1, 0.15) is 35.7 Å². The van der Waals surface area contributed by atoms with Crippen molar-refractivity contribution < 1.29 is 15.0 Å². The first-order valence-corrected chi connectivity index (χ1v) is 9.71. The predicted octanol–water partition coefficient (Wildman–Crippen LogP) is 2.18. The summed E-state index contributed by atoms with van der Waals surface area (Å²) in [4.78, 5) is 28.4. The third-order valence-corrected chi connectivity index (χ3v) is 6.17. The lowest BCUT2D eigenvalue weighted by molar-refractivity contribution is 0.0691. The van der Waals surface area contributed by atoms with Crippen molar-refractivity contribution in [1.82, 2.24) is 4.98 Å². The van der Waals surface area contributed by atoms with Crippen molar-refractivity contribution >= 4 is 11.7 Å². The van der Waals surface area contributed by atoms with Gasteiger partial charge in [0.25, 0.3) is 5.56 Å². The molecule has 1 aliphatic carbocycles. The SMILES string of the molecule is CCc1c(-c2ccc(N3C[C@H]4CC(N)C[C@H]4C3)cc2)[nH]c(=O)c(C(=O)O)c1O. The molecule has 0 bridgehead atoms. The second-order valence-electron chi connectivity index (χ2n) is 7.89. The van der Waals surface area contributed by atoms with Gasteiger partial charge in [0, 0.05) is 30.4 Å². The number of fused-ring (bicyclic) bond motifs is 1. The molecule has 3 atom stereocenters. The van der Waals surface area contributed by atoms with Crippen molar-refractivity contribution in [3.63, 3.8) is 0 Å². The third kappa shape index (κ3) is 3.05. The predicted molar refractivity (Wildman–Crippen MR) is 107 cm³/mol. The van der Waals surface area contributed by atoms with Crippen molar-refractivity contribution in [3.05, 3.63) is 45.7 Å². The summed E-state index contributed by atoms with van der Waals surface area (Å²) in [7, 11) is 0. The monoisotopic (exact) mass is 383 g/mol. The van der Waals surface area contributed by atoms with Crippen LogP contribution in [0.25, 0.3) is 11.3 Å². The Balaban J connectivity index is 1.63. The van der Waals surface area contributed by atoms with Gasteiger partial charge in [-0.3, -0.25) is 4.79 Å². The zero-order chi connectivity index (χ0) is 20.0. The lowest BCUT2D eigenvalue weighted by Gasteiger charge is -2.21. The van der Waals surface area contributed by atoms with Crippen molar-refractivity contribution in [2.24, 2.45) is 17.6 Å². The Morgan fingerprint density at radius 2 is 1.82 bits per heavy atom. The van der Waals surface area contributed by atoms with Crippen molar-refractivity contribution in [3.8, 4) is 17.0 Å². The second kappa shape index (κ2) is 6.98. The van der Waals surface area contributed by atoms with Crippen LogP contribution >= 0.6 is 0 Å². The lowest BCUT2D eigenvalue weighted by atomic mass is 10.0. The topological polar surface area (TPSA) is 120 Å². The molecule has 1 aromatic carbocycles. The molecule has 1 saturated heterocycles. The summed E-state index contributed by atoms with van der Waals surface area (Å²) in [6.07, 6.45) is 2.58. The Hall–Kier alpha value is -2.80. The standard InChI is InChI=1S/C21H25N3O4/c1-2-16-18(23-20(26)17(19(16)25)21(27)28)11-3-5-15(6-4-11)24-9-12-7-14(22)8-13(12)10-24/h3-6,12-14H,2,7-10,22H2,1H3,(H,27,28)(H2,23,25,26)/t12-,13+,14?. The summed E-state index contributed by atoms with van der Waals surface area (Å²) in [5, 5.41) is 19.5. The van der Waals surface area contributed by atoms with Gasteiger partial charge in [-0.15, -0.1) is 0 Å². The van der Waals surface area contributed by atoms with E-state index in [1.165, 1.54) is 0 Å². The van der Waals surface area contributed by atoms with Crippen LogP contribution in [0, 0.1) is 11.8 Å². The van der Waals surface area contributed by atoms with E-state index in [-0.39, 0.29) is 0 Å². The molecule has 2 aliphatic rings. The molecule has 2 fully saturated rings. The number of H-pyrrole nitrogens is 1. The molecule has 148 valence electrons. The number of pyridine rings is 1. The fourth-order valence-electron chi connectivity index (χ4n) is 4.81. The largest absolute Gasteiger partial charge is 0.506 e. The first-order chi connectivity index (χ1) is 13.4. The van der Waals surface area contributed by atoms with E-state index in [0.717, 1.165) is 37.2 Å². The van der Waals surface area contributed by atoms with Crippen LogP contribution in [-0.4, -0.2) is 40.3 Å². The molecule has 1 saturated carbocycles. The number of benzene rings is 1. The summed E-state index contributed by atoms with van der Waals surface area (Å²) in [6, 6.07) is 8.16.